The van der Waals surface area contributed by atoms with Gasteiger partial charge in [-0.25, -0.2) is 10.4 Å². The summed E-state index contributed by atoms with van der Waals surface area (Å²) in [5.41, 5.74) is 7.74. The van der Waals surface area contributed by atoms with Crippen molar-refractivity contribution >= 4 is 22.5 Å². The number of benzene rings is 3. The topological polar surface area (TPSA) is 54.4 Å². The fourth-order valence-electron chi connectivity index (χ4n) is 3.43. The SMILES string of the molecule is CCC/C(=N/NC(=O)c1cc(-c2ccccc2)nc2ccccc12)c1ccccc1. The quantitative estimate of drug-likeness (QED) is 0.331. The van der Waals surface area contributed by atoms with Gasteiger partial charge in [-0.2, -0.15) is 5.10 Å². The van der Waals surface area contributed by atoms with Gasteiger partial charge in [-0.05, 0) is 24.1 Å². The fraction of sp³-hybridized carbons (Fsp3) is 0.115. The number of aromatic nitrogens is 1. The van der Waals surface area contributed by atoms with Crippen LogP contribution in [0, 0.1) is 0 Å². The Bertz CT molecular complexity index is 1180. The average molecular weight is 393 g/mol. The summed E-state index contributed by atoms with van der Waals surface area (Å²) in [6.07, 6.45) is 1.73. The Morgan fingerprint density at radius 3 is 2.30 bits per heavy atom. The number of para-hydroxylation sites is 1. The summed E-state index contributed by atoms with van der Waals surface area (Å²) < 4.78 is 0. The van der Waals surface area contributed by atoms with Crippen molar-refractivity contribution in [1.82, 2.24) is 10.4 Å². The number of rotatable bonds is 6. The van der Waals surface area contributed by atoms with Gasteiger partial charge in [-0.3, -0.25) is 4.79 Å². The zero-order valence-electron chi connectivity index (χ0n) is 16.9. The van der Waals surface area contributed by atoms with Crippen molar-refractivity contribution in [2.45, 2.75) is 19.8 Å². The first kappa shape index (κ1) is 19.5. The number of carbonyl (C=O) groups is 1. The van der Waals surface area contributed by atoms with E-state index in [0.29, 0.717) is 5.56 Å². The van der Waals surface area contributed by atoms with Gasteiger partial charge in [-0.15, -0.1) is 0 Å². The molecule has 0 atom stereocenters. The number of nitrogens with zero attached hydrogens (tertiary/aromatic N) is 2. The second kappa shape index (κ2) is 9.14. The third-order valence-corrected chi connectivity index (χ3v) is 4.92. The van der Waals surface area contributed by atoms with Gasteiger partial charge in [0.25, 0.3) is 5.91 Å². The molecule has 1 heterocycles. The highest BCUT2D eigenvalue weighted by Gasteiger charge is 2.14. The third-order valence-electron chi connectivity index (χ3n) is 4.92. The third kappa shape index (κ3) is 4.28. The van der Waals surface area contributed by atoms with Crippen LogP contribution in [-0.4, -0.2) is 16.6 Å². The summed E-state index contributed by atoms with van der Waals surface area (Å²) in [5.74, 6) is -0.240. The van der Waals surface area contributed by atoms with E-state index in [-0.39, 0.29) is 5.91 Å². The lowest BCUT2D eigenvalue weighted by Gasteiger charge is -2.10. The fourth-order valence-corrected chi connectivity index (χ4v) is 3.43. The van der Waals surface area contributed by atoms with E-state index in [2.05, 4.69) is 17.5 Å². The molecule has 4 heteroatoms. The van der Waals surface area contributed by atoms with Gasteiger partial charge in [-0.1, -0.05) is 92.2 Å². The maximum atomic E-state index is 13.1. The normalized spacial score (nSPS) is 11.4. The number of pyridine rings is 1. The van der Waals surface area contributed by atoms with Crippen LogP contribution >= 0.6 is 0 Å². The molecule has 0 radical (unpaired) electrons. The molecule has 30 heavy (non-hydrogen) atoms. The van der Waals surface area contributed by atoms with Gasteiger partial charge in [0.1, 0.15) is 0 Å². The van der Waals surface area contributed by atoms with Crippen molar-refractivity contribution in [2.24, 2.45) is 5.10 Å². The Morgan fingerprint density at radius 2 is 1.57 bits per heavy atom. The highest BCUT2D eigenvalue weighted by molar-refractivity contribution is 6.08. The standard InChI is InChI=1S/C26H23N3O/c1-2-11-23(19-12-5-3-6-13-19)28-29-26(30)22-18-25(20-14-7-4-8-15-20)27-24-17-10-9-16-21(22)24/h3-10,12-18H,2,11H2,1H3,(H,29,30)/b28-23-. The van der Waals surface area contributed by atoms with Crippen molar-refractivity contribution < 1.29 is 4.79 Å². The van der Waals surface area contributed by atoms with E-state index in [1.807, 2.05) is 91.0 Å². The summed E-state index contributed by atoms with van der Waals surface area (Å²) in [5, 5.41) is 5.27. The van der Waals surface area contributed by atoms with Gasteiger partial charge < -0.3 is 0 Å². The summed E-state index contributed by atoms with van der Waals surface area (Å²) in [4.78, 5) is 17.9. The van der Waals surface area contributed by atoms with E-state index < -0.39 is 0 Å². The molecule has 0 aliphatic carbocycles. The largest absolute Gasteiger partial charge is 0.272 e. The summed E-state index contributed by atoms with van der Waals surface area (Å²) >= 11 is 0. The monoisotopic (exact) mass is 393 g/mol. The molecule has 1 aromatic heterocycles. The number of hydrogen-bond donors (Lipinski definition) is 1. The van der Waals surface area contributed by atoms with E-state index in [1.165, 1.54) is 0 Å². The Labute approximate surface area is 176 Å². The molecule has 3 aromatic carbocycles. The predicted molar refractivity (Wildman–Crippen MR) is 123 cm³/mol. The molecule has 0 aliphatic rings. The smallest absolute Gasteiger partial charge is 0.267 e. The highest BCUT2D eigenvalue weighted by atomic mass is 16.2. The first-order valence-corrected chi connectivity index (χ1v) is 10.1. The number of nitrogens with one attached hydrogen (secondary N) is 1. The molecule has 0 aliphatic heterocycles. The van der Waals surface area contributed by atoms with E-state index in [9.17, 15) is 4.79 Å². The predicted octanol–water partition coefficient (Wildman–Crippen LogP) is 5.84. The maximum absolute atomic E-state index is 13.1. The molecular weight excluding hydrogens is 370 g/mol. The van der Waals surface area contributed by atoms with Gasteiger partial charge in [0.2, 0.25) is 0 Å². The zero-order valence-corrected chi connectivity index (χ0v) is 16.9. The van der Waals surface area contributed by atoms with Crippen LogP contribution in [0.25, 0.3) is 22.2 Å². The number of hydrogen-bond acceptors (Lipinski definition) is 3. The molecule has 148 valence electrons. The van der Waals surface area contributed by atoms with Crippen molar-refractivity contribution in [3.8, 4) is 11.3 Å². The minimum Gasteiger partial charge on any atom is -0.267 e. The minimum absolute atomic E-state index is 0.240. The van der Waals surface area contributed by atoms with E-state index in [4.69, 9.17) is 4.98 Å². The van der Waals surface area contributed by atoms with Gasteiger partial charge in [0.05, 0.1) is 22.5 Å². The second-order valence-corrected chi connectivity index (χ2v) is 7.05. The van der Waals surface area contributed by atoms with Crippen LogP contribution in [-0.2, 0) is 0 Å². The Kier molecular flexibility index (Phi) is 5.95. The van der Waals surface area contributed by atoms with Crippen LogP contribution in [0.5, 0.6) is 0 Å². The lowest BCUT2D eigenvalue weighted by Crippen LogP contribution is -2.20. The lowest BCUT2D eigenvalue weighted by atomic mass is 10.0. The minimum atomic E-state index is -0.240. The number of fused-ring (bicyclic) bond motifs is 1. The molecule has 1 amide bonds. The first-order valence-electron chi connectivity index (χ1n) is 10.1. The highest BCUT2D eigenvalue weighted by Crippen LogP contribution is 2.24. The molecule has 0 unspecified atom stereocenters. The van der Waals surface area contributed by atoms with Gasteiger partial charge >= 0.3 is 0 Å². The Morgan fingerprint density at radius 1 is 0.900 bits per heavy atom. The molecule has 0 saturated carbocycles. The van der Waals surface area contributed by atoms with Crippen LogP contribution in [0.4, 0.5) is 0 Å². The van der Waals surface area contributed by atoms with Crippen molar-refractivity contribution in [3.63, 3.8) is 0 Å². The molecule has 4 rings (SSSR count). The molecular formula is C26H23N3O. The maximum Gasteiger partial charge on any atom is 0.272 e. The van der Waals surface area contributed by atoms with Crippen LogP contribution in [0.15, 0.2) is 96.1 Å². The Hall–Kier alpha value is -3.79. The number of amides is 1. The van der Waals surface area contributed by atoms with E-state index >= 15 is 0 Å². The number of carbonyl (C=O) groups excluding carboxylic acids is 1. The van der Waals surface area contributed by atoms with Crippen LogP contribution in [0.1, 0.15) is 35.7 Å². The van der Waals surface area contributed by atoms with E-state index in [1.54, 1.807) is 0 Å². The van der Waals surface area contributed by atoms with Crippen LogP contribution in [0.2, 0.25) is 0 Å². The van der Waals surface area contributed by atoms with Gasteiger partial charge in [0, 0.05) is 10.9 Å². The van der Waals surface area contributed by atoms with Crippen molar-refractivity contribution in [3.05, 3.63) is 102 Å². The molecule has 0 spiro atoms. The second-order valence-electron chi connectivity index (χ2n) is 7.05. The molecule has 1 N–H and O–H groups in total. The molecule has 0 fully saturated rings. The average Bonchev–Trinajstić information content (AvgIpc) is 2.82. The number of hydrazone groups is 1. The van der Waals surface area contributed by atoms with E-state index in [0.717, 1.165) is 46.3 Å². The molecule has 4 nitrogen and oxygen atoms in total. The first-order chi connectivity index (χ1) is 14.8. The summed E-state index contributed by atoms with van der Waals surface area (Å²) in [6, 6.07) is 29.3. The summed E-state index contributed by atoms with van der Waals surface area (Å²) in [7, 11) is 0. The van der Waals surface area contributed by atoms with Crippen LogP contribution < -0.4 is 5.43 Å². The van der Waals surface area contributed by atoms with Gasteiger partial charge in [0.15, 0.2) is 0 Å². The summed E-state index contributed by atoms with van der Waals surface area (Å²) in [6.45, 7) is 2.10. The lowest BCUT2D eigenvalue weighted by molar-refractivity contribution is 0.0956. The molecule has 4 aromatic rings. The van der Waals surface area contributed by atoms with Crippen molar-refractivity contribution in [2.75, 3.05) is 0 Å². The Balaban J connectivity index is 1.72. The molecule has 0 saturated heterocycles. The van der Waals surface area contributed by atoms with Crippen LogP contribution in [0.3, 0.4) is 0 Å². The zero-order chi connectivity index (χ0) is 20.8. The molecule has 0 bridgehead atoms. The van der Waals surface area contributed by atoms with Crippen molar-refractivity contribution in [1.29, 1.82) is 0 Å².